The van der Waals surface area contributed by atoms with Gasteiger partial charge in [-0.3, -0.25) is 9.78 Å². The Hall–Kier alpha value is -2.81. The van der Waals surface area contributed by atoms with Crippen LogP contribution in [0.1, 0.15) is 15.9 Å². The number of allylic oxidation sites excluding steroid dienone is 1. The van der Waals surface area contributed by atoms with Crippen LogP contribution in [0.3, 0.4) is 0 Å². The second kappa shape index (κ2) is 5.29. The van der Waals surface area contributed by atoms with Crippen molar-refractivity contribution in [2.75, 3.05) is 0 Å². The molecule has 0 saturated carbocycles. The lowest BCUT2D eigenvalue weighted by molar-refractivity contribution is 0.104. The smallest absolute Gasteiger partial charge is 0.185 e. The fourth-order valence-corrected chi connectivity index (χ4v) is 2.29. The Balaban J connectivity index is 2.15. The zero-order valence-electron chi connectivity index (χ0n) is 11.7. The van der Waals surface area contributed by atoms with Crippen molar-refractivity contribution < 1.29 is 4.79 Å². The molecule has 3 rings (SSSR count). The van der Waals surface area contributed by atoms with Crippen molar-refractivity contribution in [1.82, 2.24) is 9.97 Å². The number of carbonyl (C=O) groups is 1. The number of nitrogens with zero attached hydrogens (tertiary/aromatic N) is 2. The molecule has 3 heteroatoms. The molecule has 0 N–H and O–H groups in total. The SMILES string of the molecule is C=CC(=O)c1cc(C)cc(-c2cnc3ccccc3n2)c1. The maximum Gasteiger partial charge on any atom is 0.185 e. The number of ketones is 1. The number of para-hydroxylation sites is 2. The van der Waals surface area contributed by atoms with Crippen molar-refractivity contribution >= 4 is 16.8 Å². The Morgan fingerprint density at radius 2 is 1.90 bits per heavy atom. The summed E-state index contributed by atoms with van der Waals surface area (Å²) in [6, 6.07) is 13.4. The van der Waals surface area contributed by atoms with E-state index in [2.05, 4.69) is 16.5 Å². The van der Waals surface area contributed by atoms with Gasteiger partial charge in [0.15, 0.2) is 5.78 Å². The van der Waals surface area contributed by atoms with E-state index < -0.39 is 0 Å². The number of aromatic nitrogens is 2. The molecule has 0 spiro atoms. The molecule has 102 valence electrons. The molecule has 0 aliphatic heterocycles. The van der Waals surface area contributed by atoms with E-state index in [1.54, 1.807) is 6.20 Å². The van der Waals surface area contributed by atoms with Crippen LogP contribution in [0.15, 0.2) is 61.3 Å². The highest BCUT2D eigenvalue weighted by Gasteiger charge is 2.08. The summed E-state index contributed by atoms with van der Waals surface area (Å²) in [5.41, 5.74) is 4.97. The van der Waals surface area contributed by atoms with Crippen LogP contribution >= 0.6 is 0 Å². The van der Waals surface area contributed by atoms with Gasteiger partial charge in [-0.05, 0) is 48.9 Å². The quantitative estimate of drug-likeness (QED) is 0.536. The minimum absolute atomic E-state index is 0.0892. The van der Waals surface area contributed by atoms with E-state index in [1.807, 2.05) is 49.4 Å². The number of aryl methyl sites for hydroxylation is 1. The Morgan fingerprint density at radius 3 is 2.67 bits per heavy atom. The van der Waals surface area contributed by atoms with Gasteiger partial charge in [0.2, 0.25) is 0 Å². The molecule has 1 heterocycles. The molecule has 0 saturated heterocycles. The average Bonchev–Trinajstić information content (AvgIpc) is 2.53. The molecule has 0 amide bonds. The fourth-order valence-electron chi connectivity index (χ4n) is 2.29. The zero-order valence-corrected chi connectivity index (χ0v) is 11.7. The Morgan fingerprint density at radius 1 is 1.14 bits per heavy atom. The van der Waals surface area contributed by atoms with Crippen molar-refractivity contribution in [2.24, 2.45) is 0 Å². The lowest BCUT2D eigenvalue weighted by Gasteiger charge is -2.06. The molecule has 3 aromatic rings. The molecule has 0 atom stereocenters. The molecule has 0 bridgehead atoms. The van der Waals surface area contributed by atoms with Crippen molar-refractivity contribution in [3.8, 4) is 11.3 Å². The normalized spacial score (nSPS) is 10.5. The summed E-state index contributed by atoms with van der Waals surface area (Å²) in [5.74, 6) is -0.0892. The number of rotatable bonds is 3. The predicted molar refractivity (Wildman–Crippen MR) is 84.2 cm³/mol. The predicted octanol–water partition coefficient (Wildman–Crippen LogP) is 3.97. The lowest BCUT2D eigenvalue weighted by atomic mass is 10.0. The van der Waals surface area contributed by atoms with Crippen LogP contribution in [-0.2, 0) is 0 Å². The zero-order chi connectivity index (χ0) is 14.8. The van der Waals surface area contributed by atoms with Crippen molar-refractivity contribution in [3.05, 3.63) is 72.4 Å². The van der Waals surface area contributed by atoms with Gasteiger partial charge in [0, 0.05) is 11.1 Å². The molecule has 1 aromatic heterocycles. The number of hydrogen-bond acceptors (Lipinski definition) is 3. The molecular formula is C18H14N2O. The van der Waals surface area contributed by atoms with Gasteiger partial charge in [-0.2, -0.15) is 0 Å². The summed E-state index contributed by atoms with van der Waals surface area (Å²) in [6.07, 6.45) is 3.06. The molecule has 0 aliphatic rings. The number of fused-ring (bicyclic) bond motifs is 1. The first kappa shape index (κ1) is 13.2. The van der Waals surface area contributed by atoms with Gasteiger partial charge in [-0.25, -0.2) is 4.98 Å². The van der Waals surface area contributed by atoms with Crippen LogP contribution in [0.2, 0.25) is 0 Å². The number of carbonyl (C=O) groups excluding carboxylic acids is 1. The summed E-state index contributed by atoms with van der Waals surface area (Å²) in [6.45, 7) is 5.49. The maximum atomic E-state index is 11.8. The van der Waals surface area contributed by atoms with E-state index in [1.165, 1.54) is 6.08 Å². The van der Waals surface area contributed by atoms with Gasteiger partial charge in [0.25, 0.3) is 0 Å². The fraction of sp³-hybridized carbons (Fsp3) is 0.0556. The lowest BCUT2D eigenvalue weighted by Crippen LogP contribution is -1.96. The third kappa shape index (κ3) is 2.58. The highest BCUT2D eigenvalue weighted by Crippen LogP contribution is 2.22. The van der Waals surface area contributed by atoms with Crippen LogP contribution in [0, 0.1) is 6.92 Å². The third-order valence-corrected chi connectivity index (χ3v) is 3.29. The highest BCUT2D eigenvalue weighted by molar-refractivity contribution is 6.05. The standard InChI is InChI=1S/C18H14N2O/c1-3-18(21)14-9-12(2)8-13(10-14)17-11-19-15-6-4-5-7-16(15)20-17/h3-11H,1H2,2H3. The topological polar surface area (TPSA) is 42.9 Å². The van der Waals surface area contributed by atoms with E-state index in [0.29, 0.717) is 5.56 Å². The minimum Gasteiger partial charge on any atom is -0.289 e. The molecule has 0 unspecified atom stereocenters. The van der Waals surface area contributed by atoms with Crippen molar-refractivity contribution in [2.45, 2.75) is 6.92 Å². The van der Waals surface area contributed by atoms with Crippen molar-refractivity contribution in [1.29, 1.82) is 0 Å². The second-order valence-corrected chi connectivity index (χ2v) is 4.90. The molecule has 0 fully saturated rings. The summed E-state index contributed by atoms with van der Waals surface area (Å²) in [5, 5.41) is 0. The van der Waals surface area contributed by atoms with E-state index in [-0.39, 0.29) is 5.78 Å². The van der Waals surface area contributed by atoms with E-state index in [9.17, 15) is 4.79 Å². The highest BCUT2D eigenvalue weighted by atomic mass is 16.1. The third-order valence-electron chi connectivity index (χ3n) is 3.29. The van der Waals surface area contributed by atoms with Gasteiger partial charge < -0.3 is 0 Å². The first-order valence-electron chi connectivity index (χ1n) is 6.68. The Labute approximate surface area is 123 Å². The second-order valence-electron chi connectivity index (χ2n) is 4.90. The van der Waals surface area contributed by atoms with Crippen LogP contribution in [0.4, 0.5) is 0 Å². The molecule has 0 aliphatic carbocycles. The van der Waals surface area contributed by atoms with Gasteiger partial charge in [0.05, 0.1) is 22.9 Å². The molecule has 2 aromatic carbocycles. The van der Waals surface area contributed by atoms with Crippen molar-refractivity contribution in [3.63, 3.8) is 0 Å². The van der Waals surface area contributed by atoms with E-state index in [4.69, 9.17) is 0 Å². The number of benzene rings is 2. The van der Waals surface area contributed by atoms with Crippen LogP contribution in [0.5, 0.6) is 0 Å². The van der Waals surface area contributed by atoms with Gasteiger partial charge in [-0.15, -0.1) is 0 Å². The average molecular weight is 274 g/mol. The molecule has 3 nitrogen and oxygen atoms in total. The first-order chi connectivity index (χ1) is 10.2. The molecule has 21 heavy (non-hydrogen) atoms. The summed E-state index contributed by atoms with van der Waals surface area (Å²) >= 11 is 0. The van der Waals surface area contributed by atoms with Crippen LogP contribution < -0.4 is 0 Å². The largest absolute Gasteiger partial charge is 0.289 e. The molecule has 0 radical (unpaired) electrons. The first-order valence-corrected chi connectivity index (χ1v) is 6.68. The summed E-state index contributed by atoms with van der Waals surface area (Å²) in [7, 11) is 0. The Bertz CT molecular complexity index is 853. The minimum atomic E-state index is -0.0892. The van der Waals surface area contributed by atoms with E-state index in [0.717, 1.165) is 27.9 Å². The van der Waals surface area contributed by atoms with E-state index >= 15 is 0 Å². The van der Waals surface area contributed by atoms with Crippen LogP contribution in [-0.4, -0.2) is 15.8 Å². The van der Waals surface area contributed by atoms with Gasteiger partial charge in [-0.1, -0.05) is 18.7 Å². The van der Waals surface area contributed by atoms with Gasteiger partial charge >= 0.3 is 0 Å². The Kier molecular flexibility index (Phi) is 3.32. The monoisotopic (exact) mass is 274 g/mol. The summed E-state index contributed by atoms with van der Waals surface area (Å²) < 4.78 is 0. The van der Waals surface area contributed by atoms with Gasteiger partial charge in [0.1, 0.15) is 0 Å². The van der Waals surface area contributed by atoms with Crippen LogP contribution in [0.25, 0.3) is 22.3 Å². The summed E-state index contributed by atoms with van der Waals surface area (Å²) in [4.78, 5) is 20.8. The number of hydrogen-bond donors (Lipinski definition) is 0. The maximum absolute atomic E-state index is 11.8. The molecular weight excluding hydrogens is 260 g/mol.